The smallest absolute Gasteiger partial charge is 0.265 e. The Morgan fingerprint density at radius 1 is 1.50 bits per heavy atom. The molecule has 0 amide bonds. The molecular formula is C7H4IN3OS2. The van der Waals surface area contributed by atoms with Gasteiger partial charge in [0.15, 0.2) is 4.34 Å². The molecule has 72 valence electrons. The Balaban J connectivity index is 2.34. The van der Waals surface area contributed by atoms with E-state index < -0.39 is 0 Å². The standard InChI is InChI=1S/C7H4IN3OS2/c8-4-5(12)10-3-11-6(4)14-7-9-1-2-13-7/h1-3H,(H,10,11,12). The molecule has 0 aliphatic rings. The number of thiazole rings is 1. The largest absolute Gasteiger partial charge is 0.312 e. The average Bonchev–Trinajstić information content (AvgIpc) is 2.66. The number of aromatic amines is 1. The van der Waals surface area contributed by atoms with Crippen LogP contribution in [0.5, 0.6) is 0 Å². The summed E-state index contributed by atoms with van der Waals surface area (Å²) in [7, 11) is 0. The van der Waals surface area contributed by atoms with E-state index in [1.807, 2.05) is 28.0 Å². The Morgan fingerprint density at radius 2 is 2.36 bits per heavy atom. The van der Waals surface area contributed by atoms with Crippen LogP contribution in [0, 0.1) is 3.57 Å². The van der Waals surface area contributed by atoms with Gasteiger partial charge in [-0.25, -0.2) is 9.97 Å². The molecule has 7 heteroatoms. The van der Waals surface area contributed by atoms with Gasteiger partial charge < -0.3 is 4.98 Å². The zero-order valence-electron chi connectivity index (χ0n) is 6.73. The van der Waals surface area contributed by atoms with E-state index >= 15 is 0 Å². The molecule has 1 N–H and O–H groups in total. The molecule has 2 heterocycles. The lowest BCUT2D eigenvalue weighted by Crippen LogP contribution is -2.10. The highest BCUT2D eigenvalue weighted by Gasteiger charge is 2.08. The summed E-state index contributed by atoms with van der Waals surface area (Å²) in [6.07, 6.45) is 3.13. The first-order chi connectivity index (χ1) is 6.77. The topological polar surface area (TPSA) is 58.6 Å². The predicted octanol–water partition coefficient (Wildman–Crippen LogP) is 1.98. The van der Waals surface area contributed by atoms with Crippen molar-refractivity contribution in [1.29, 1.82) is 0 Å². The van der Waals surface area contributed by atoms with Gasteiger partial charge in [0.25, 0.3) is 5.56 Å². The molecular weight excluding hydrogens is 333 g/mol. The van der Waals surface area contributed by atoms with Crippen LogP contribution in [0.15, 0.2) is 32.1 Å². The zero-order chi connectivity index (χ0) is 9.97. The van der Waals surface area contributed by atoms with Crippen LogP contribution < -0.4 is 5.56 Å². The molecule has 0 aliphatic heterocycles. The van der Waals surface area contributed by atoms with Crippen LogP contribution in [0.4, 0.5) is 0 Å². The lowest BCUT2D eigenvalue weighted by Gasteiger charge is -1.97. The summed E-state index contributed by atoms with van der Waals surface area (Å²) in [5.74, 6) is 0. The van der Waals surface area contributed by atoms with Crippen LogP contribution in [-0.4, -0.2) is 15.0 Å². The summed E-state index contributed by atoms with van der Waals surface area (Å²) in [5.41, 5.74) is -0.111. The van der Waals surface area contributed by atoms with Crippen molar-refractivity contribution in [2.24, 2.45) is 0 Å². The molecule has 2 aromatic heterocycles. The summed E-state index contributed by atoms with van der Waals surface area (Å²) in [4.78, 5) is 21.9. The molecule has 2 rings (SSSR count). The van der Waals surface area contributed by atoms with Gasteiger partial charge in [0.05, 0.1) is 6.33 Å². The van der Waals surface area contributed by atoms with E-state index in [0.717, 1.165) is 4.34 Å². The van der Waals surface area contributed by atoms with Crippen molar-refractivity contribution in [3.63, 3.8) is 0 Å². The van der Waals surface area contributed by atoms with E-state index in [4.69, 9.17) is 0 Å². The SMILES string of the molecule is O=c1[nH]cnc(Sc2nccs2)c1I. The molecule has 0 radical (unpaired) electrons. The van der Waals surface area contributed by atoms with Crippen molar-refractivity contribution >= 4 is 45.7 Å². The molecule has 14 heavy (non-hydrogen) atoms. The van der Waals surface area contributed by atoms with Crippen LogP contribution in [-0.2, 0) is 0 Å². The minimum Gasteiger partial charge on any atom is -0.312 e. The number of H-pyrrole nitrogens is 1. The zero-order valence-corrected chi connectivity index (χ0v) is 10.5. The minimum atomic E-state index is -0.111. The highest BCUT2D eigenvalue weighted by Crippen LogP contribution is 2.28. The first kappa shape index (κ1) is 10.1. The molecule has 2 aromatic rings. The summed E-state index contributed by atoms with van der Waals surface area (Å²) >= 11 is 4.91. The van der Waals surface area contributed by atoms with E-state index in [0.29, 0.717) is 8.60 Å². The number of halogens is 1. The molecule has 4 nitrogen and oxygen atoms in total. The fourth-order valence-corrected chi connectivity index (χ4v) is 2.93. The number of aromatic nitrogens is 3. The van der Waals surface area contributed by atoms with E-state index in [9.17, 15) is 4.79 Å². The fourth-order valence-electron chi connectivity index (χ4n) is 0.781. The van der Waals surface area contributed by atoms with Crippen LogP contribution in [0.2, 0.25) is 0 Å². The Morgan fingerprint density at radius 3 is 3.07 bits per heavy atom. The van der Waals surface area contributed by atoms with Gasteiger partial charge in [-0.05, 0) is 34.4 Å². The van der Waals surface area contributed by atoms with Crippen LogP contribution >= 0.6 is 45.7 Å². The molecule has 0 atom stereocenters. The van der Waals surface area contributed by atoms with Crippen molar-refractivity contribution < 1.29 is 0 Å². The molecule has 0 saturated carbocycles. The Kier molecular flexibility index (Phi) is 3.19. The lowest BCUT2D eigenvalue weighted by molar-refractivity contribution is 0.986. The Hall–Kier alpha value is -0.410. The quantitative estimate of drug-likeness (QED) is 0.673. The third kappa shape index (κ3) is 2.15. The maximum absolute atomic E-state index is 11.2. The second-order valence-electron chi connectivity index (χ2n) is 2.25. The maximum atomic E-state index is 11.2. The second-order valence-corrected chi connectivity index (χ2v) is 5.46. The number of nitrogens with zero attached hydrogens (tertiary/aromatic N) is 2. The first-order valence-electron chi connectivity index (χ1n) is 3.58. The van der Waals surface area contributed by atoms with Crippen molar-refractivity contribution in [3.8, 4) is 0 Å². The molecule has 0 aliphatic carbocycles. The van der Waals surface area contributed by atoms with E-state index in [-0.39, 0.29) is 5.56 Å². The monoisotopic (exact) mass is 337 g/mol. The van der Waals surface area contributed by atoms with E-state index in [2.05, 4.69) is 15.0 Å². The second kappa shape index (κ2) is 4.41. The van der Waals surface area contributed by atoms with Gasteiger partial charge in [-0.1, -0.05) is 0 Å². The molecule has 0 fully saturated rings. The fraction of sp³-hybridized carbons (Fsp3) is 0. The van der Waals surface area contributed by atoms with Gasteiger partial charge in [-0.2, -0.15) is 0 Å². The summed E-state index contributed by atoms with van der Waals surface area (Å²) in [6, 6.07) is 0. The van der Waals surface area contributed by atoms with Crippen molar-refractivity contribution in [2.45, 2.75) is 9.37 Å². The number of nitrogens with one attached hydrogen (secondary N) is 1. The number of hydrogen-bond donors (Lipinski definition) is 1. The summed E-state index contributed by atoms with van der Waals surface area (Å²) in [6.45, 7) is 0. The molecule has 0 saturated heterocycles. The maximum Gasteiger partial charge on any atom is 0.265 e. The van der Waals surface area contributed by atoms with Crippen molar-refractivity contribution in [2.75, 3.05) is 0 Å². The first-order valence-corrected chi connectivity index (χ1v) is 6.35. The highest BCUT2D eigenvalue weighted by molar-refractivity contribution is 14.1. The van der Waals surface area contributed by atoms with Gasteiger partial charge in [0.2, 0.25) is 0 Å². The van der Waals surface area contributed by atoms with Crippen LogP contribution in [0.3, 0.4) is 0 Å². The van der Waals surface area contributed by atoms with Crippen LogP contribution in [0.25, 0.3) is 0 Å². The third-order valence-electron chi connectivity index (χ3n) is 1.36. The third-order valence-corrected chi connectivity index (χ3v) is 4.61. The molecule has 0 unspecified atom stereocenters. The number of hydrogen-bond acceptors (Lipinski definition) is 5. The average molecular weight is 337 g/mol. The van der Waals surface area contributed by atoms with Gasteiger partial charge in [0.1, 0.15) is 8.60 Å². The van der Waals surface area contributed by atoms with Gasteiger partial charge in [0, 0.05) is 11.6 Å². The van der Waals surface area contributed by atoms with Gasteiger partial charge >= 0.3 is 0 Å². The normalized spacial score (nSPS) is 10.4. The lowest BCUT2D eigenvalue weighted by atomic mass is 10.7. The van der Waals surface area contributed by atoms with E-state index in [1.165, 1.54) is 29.4 Å². The Bertz CT molecular complexity index is 482. The molecule has 0 bridgehead atoms. The Labute approximate surface area is 101 Å². The van der Waals surface area contributed by atoms with Crippen molar-refractivity contribution in [1.82, 2.24) is 15.0 Å². The summed E-state index contributed by atoms with van der Waals surface area (Å²) in [5, 5.41) is 2.59. The van der Waals surface area contributed by atoms with Crippen LogP contribution in [0.1, 0.15) is 0 Å². The minimum absolute atomic E-state index is 0.111. The van der Waals surface area contributed by atoms with Crippen molar-refractivity contribution in [3.05, 3.63) is 31.8 Å². The van der Waals surface area contributed by atoms with E-state index in [1.54, 1.807) is 6.20 Å². The van der Waals surface area contributed by atoms with Gasteiger partial charge in [-0.3, -0.25) is 4.79 Å². The van der Waals surface area contributed by atoms with Gasteiger partial charge in [-0.15, -0.1) is 11.3 Å². The molecule has 0 spiro atoms. The summed E-state index contributed by atoms with van der Waals surface area (Å²) < 4.78 is 1.49. The highest BCUT2D eigenvalue weighted by atomic mass is 127. The number of rotatable bonds is 2. The predicted molar refractivity (Wildman–Crippen MR) is 63.8 cm³/mol. The molecule has 0 aromatic carbocycles.